The first-order valence-electron chi connectivity index (χ1n) is 5.03. The molecule has 1 aromatic heterocycles. The fraction of sp³-hybridized carbons (Fsp3) is 0.545. The van der Waals surface area contributed by atoms with Crippen LogP contribution in [0.1, 0.15) is 25.3 Å². The third kappa shape index (κ3) is 3.66. The molecule has 1 heterocycles. The zero-order valence-electron chi connectivity index (χ0n) is 8.76. The fourth-order valence-electron chi connectivity index (χ4n) is 1.22. The molecule has 14 heavy (non-hydrogen) atoms. The van der Waals surface area contributed by atoms with E-state index in [4.69, 9.17) is 0 Å². The number of halogens is 1. The molecule has 0 amide bonds. The van der Waals surface area contributed by atoms with Gasteiger partial charge in [-0.2, -0.15) is 0 Å². The van der Waals surface area contributed by atoms with Gasteiger partial charge in [0.1, 0.15) is 5.82 Å². The Balaban J connectivity index is 2.35. The van der Waals surface area contributed by atoms with Crippen LogP contribution in [0.15, 0.2) is 18.3 Å². The molecule has 0 aliphatic rings. The molecule has 2 nitrogen and oxygen atoms in total. The van der Waals surface area contributed by atoms with E-state index >= 15 is 0 Å². The number of alkyl halides is 1. The first-order chi connectivity index (χ1) is 6.74. The Morgan fingerprint density at radius 1 is 1.57 bits per heavy atom. The highest BCUT2D eigenvalue weighted by Crippen LogP contribution is 2.12. The van der Waals surface area contributed by atoms with E-state index in [0.29, 0.717) is 4.83 Å². The lowest BCUT2D eigenvalue weighted by Gasteiger charge is -2.10. The maximum absolute atomic E-state index is 4.27. The smallest absolute Gasteiger partial charge is 0.128 e. The second kappa shape index (κ2) is 6.02. The molecule has 1 aromatic rings. The van der Waals surface area contributed by atoms with Crippen LogP contribution in [0.25, 0.3) is 0 Å². The number of aromatic nitrogens is 1. The molecule has 1 unspecified atom stereocenters. The fourth-order valence-corrected chi connectivity index (χ4v) is 1.45. The second-order valence-electron chi connectivity index (χ2n) is 3.39. The molecular formula is C11H17BrN2. The Morgan fingerprint density at radius 2 is 2.36 bits per heavy atom. The van der Waals surface area contributed by atoms with E-state index in [-0.39, 0.29) is 0 Å². The summed E-state index contributed by atoms with van der Waals surface area (Å²) in [5.41, 5.74) is 1.20. The van der Waals surface area contributed by atoms with Gasteiger partial charge in [0.05, 0.1) is 0 Å². The van der Waals surface area contributed by atoms with Crippen molar-refractivity contribution >= 4 is 21.7 Å². The van der Waals surface area contributed by atoms with Gasteiger partial charge in [-0.3, -0.25) is 0 Å². The Hall–Kier alpha value is -0.570. The van der Waals surface area contributed by atoms with Crippen LogP contribution in [0, 0.1) is 6.92 Å². The van der Waals surface area contributed by atoms with Gasteiger partial charge in [-0.1, -0.05) is 28.9 Å². The summed E-state index contributed by atoms with van der Waals surface area (Å²) in [6.45, 7) is 5.23. The number of hydrogen-bond acceptors (Lipinski definition) is 2. The largest absolute Gasteiger partial charge is 0.370 e. The SMILES string of the molecule is CCC(Br)CCNc1ncccc1C. The molecular weight excluding hydrogens is 240 g/mol. The monoisotopic (exact) mass is 256 g/mol. The highest BCUT2D eigenvalue weighted by molar-refractivity contribution is 9.09. The van der Waals surface area contributed by atoms with E-state index in [1.807, 2.05) is 12.3 Å². The van der Waals surface area contributed by atoms with E-state index in [9.17, 15) is 0 Å². The van der Waals surface area contributed by atoms with E-state index in [1.165, 1.54) is 12.0 Å². The van der Waals surface area contributed by atoms with Gasteiger partial charge in [-0.05, 0) is 31.4 Å². The summed E-state index contributed by atoms with van der Waals surface area (Å²) >= 11 is 3.61. The Labute approximate surface area is 94.3 Å². The van der Waals surface area contributed by atoms with Crippen molar-refractivity contribution in [2.24, 2.45) is 0 Å². The van der Waals surface area contributed by atoms with Crippen LogP contribution in [0.4, 0.5) is 5.82 Å². The van der Waals surface area contributed by atoms with Gasteiger partial charge < -0.3 is 5.32 Å². The standard InChI is InChI=1S/C11H17BrN2/c1-3-10(12)6-8-14-11-9(2)5-4-7-13-11/h4-5,7,10H,3,6,8H2,1-2H3,(H,13,14). The lowest BCUT2D eigenvalue weighted by Crippen LogP contribution is -2.09. The lowest BCUT2D eigenvalue weighted by molar-refractivity contribution is 0.772. The molecule has 0 aromatic carbocycles. The average molecular weight is 257 g/mol. The van der Waals surface area contributed by atoms with E-state index in [2.05, 4.69) is 46.1 Å². The third-order valence-corrected chi connectivity index (χ3v) is 3.31. The first-order valence-corrected chi connectivity index (χ1v) is 5.95. The van der Waals surface area contributed by atoms with Crippen LogP contribution in [0.5, 0.6) is 0 Å². The van der Waals surface area contributed by atoms with Crippen molar-refractivity contribution < 1.29 is 0 Å². The summed E-state index contributed by atoms with van der Waals surface area (Å²) in [5.74, 6) is 1.00. The number of nitrogens with one attached hydrogen (secondary N) is 1. The molecule has 0 bridgehead atoms. The minimum atomic E-state index is 0.610. The van der Waals surface area contributed by atoms with E-state index in [0.717, 1.165) is 18.8 Å². The zero-order valence-corrected chi connectivity index (χ0v) is 10.3. The Kier molecular flexibility index (Phi) is 4.94. The number of hydrogen-bond donors (Lipinski definition) is 1. The number of aryl methyl sites for hydroxylation is 1. The molecule has 0 saturated carbocycles. The lowest BCUT2D eigenvalue weighted by atomic mass is 10.2. The number of rotatable bonds is 5. The molecule has 0 spiro atoms. The van der Waals surface area contributed by atoms with Gasteiger partial charge in [0.2, 0.25) is 0 Å². The summed E-state index contributed by atoms with van der Waals surface area (Å²) in [6, 6.07) is 4.03. The van der Waals surface area contributed by atoms with Crippen LogP contribution in [-0.2, 0) is 0 Å². The van der Waals surface area contributed by atoms with Crippen LogP contribution < -0.4 is 5.32 Å². The van der Waals surface area contributed by atoms with Gasteiger partial charge in [-0.15, -0.1) is 0 Å². The zero-order chi connectivity index (χ0) is 10.4. The topological polar surface area (TPSA) is 24.9 Å². The Morgan fingerprint density at radius 3 is 3.00 bits per heavy atom. The molecule has 0 saturated heterocycles. The number of nitrogens with zero attached hydrogens (tertiary/aromatic N) is 1. The highest BCUT2D eigenvalue weighted by atomic mass is 79.9. The van der Waals surface area contributed by atoms with Gasteiger partial charge >= 0.3 is 0 Å². The van der Waals surface area contributed by atoms with Crippen molar-refractivity contribution in [1.29, 1.82) is 0 Å². The molecule has 0 aliphatic heterocycles. The molecule has 0 radical (unpaired) electrons. The Bertz CT molecular complexity index is 276. The molecule has 3 heteroatoms. The van der Waals surface area contributed by atoms with Crippen LogP contribution >= 0.6 is 15.9 Å². The molecule has 0 fully saturated rings. The minimum absolute atomic E-state index is 0.610. The molecule has 0 aliphatic carbocycles. The molecule has 78 valence electrons. The summed E-state index contributed by atoms with van der Waals surface area (Å²) in [4.78, 5) is 4.88. The van der Waals surface area contributed by atoms with Crippen molar-refractivity contribution in [2.75, 3.05) is 11.9 Å². The van der Waals surface area contributed by atoms with Gasteiger partial charge in [-0.25, -0.2) is 4.98 Å². The summed E-state index contributed by atoms with van der Waals surface area (Å²) in [5, 5.41) is 3.34. The first kappa shape index (κ1) is 11.5. The van der Waals surface area contributed by atoms with Crippen molar-refractivity contribution in [3.63, 3.8) is 0 Å². The maximum Gasteiger partial charge on any atom is 0.128 e. The van der Waals surface area contributed by atoms with Gasteiger partial charge in [0, 0.05) is 17.6 Å². The molecule has 1 N–H and O–H groups in total. The van der Waals surface area contributed by atoms with E-state index in [1.54, 1.807) is 0 Å². The summed E-state index contributed by atoms with van der Waals surface area (Å²) in [6.07, 6.45) is 4.12. The predicted octanol–water partition coefficient (Wildman–Crippen LogP) is 3.37. The maximum atomic E-state index is 4.27. The summed E-state index contributed by atoms with van der Waals surface area (Å²) < 4.78 is 0. The normalized spacial score (nSPS) is 12.5. The van der Waals surface area contributed by atoms with Crippen LogP contribution in [0.3, 0.4) is 0 Å². The van der Waals surface area contributed by atoms with E-state index < -0.39 is 0 Å². The van der Waals surface area contributed by atoms with Crippen molar-refractivity contribution in [1.82, 2.24) is 4.98 Å². The minimum Gasteiger partial charge on any atom is -0.370 e. The van der Waals surface area contributed by atoms with Crippen LogP contribution in [-0.4, -0.2) is 16.4 Å². The average Bonchev–Trinajstić information content (AvgIpc) is 2.20. The number of anilines is 1. The quantitative estimate of drug-likeness (QED) is 0.818. The van der Waals surface area contributed by atoms with Crippen LogP contribution in [0.2, 0.25) is 0 Å². The van der Waals surface area contributed by atoms with Crippen molar-refractivity contribution in [3.05, 3.63) is 23.9 Å². The third-order valence-electron chi connectivity index (χ3n) is 2.20. The van der Waals surface area contributed by atoms with Crippen molar-refractivity contribution in [2.45, 2.75) is 31.5 Å². The molecule has 1 atom stereocenters. The second-order valence-corrected chi connectivity index (χ2v) is 4.68. The number of pyridine rings is 1. The summed E-state index contributed by atoms with van der Waals surface area (Å²) in [7, 11) is 0. The van der Waals surface area contributed by atoms with Gasteiger partial charge in [0.15, 0.2) is 0 Å². The predicted molar refractivity (Wildman–Crippen MR) is 65.1 cm³/mol. The highest BCUT2D eigenvalue weighted by Gasteiger charge is 2.01. The molecule has 1 rings (SSSR count). The van der Waals surface area contributed by atoms with Crippen molar-refractivity contribution in [3.8, 4) is 0 Å². The van der Waals surface area contributed by atoms with Gasteiger partial charge in [0.25, 0.3) is 0 Å².